The molecule has 0 saturated carbocycles. The van der Waals surface area contributed by atoms with Crippen LogP contribution in [0.25, 0.3) is 0 Å². The zero-order valence-electron chi connectivity index (χ0n) is 12.9. The smallest absolute Gasteiger partial charge is 0.216 e. The van der Waals surface area contributed by atoms with Gasteiger partial charge in [-0.1, -0.05) is 49.1 Å². The third-order valence-corrected chi connectivity index (χ3v) is 4.91. The number of anilines is 2. The highest BCUT2D eigenvalue weighted by atomic mass is 32.2. The van der Waals surface area contributed by atoms with E-state index >= 15 is 0 Å². The van der Waals surface area contributed by atoms with Gasteiger partial charge in [0, 0.05) is 24.9 Å². The fraction of sp³-hybridized carbons (Fsp3) is 0.400. The predicted molar refractivity (Wildman–Crippen MR) is 93.1 cm³/mol. The van der Waals surface area contributed by atoms with E-state index in [1.165, 1.54) is 23.8 Å². The van der Waals surface area contributed by atoms with E-state index in [4.69, 9.17) is 0 Å². The summed E-state index contributed by atoms with van der Waals surface area (Å²) in [7, 11) is 0. The number of hydrogen-bond donors (Lipinski definition) is 2. The van der Waals surface area contributed by atoms with Gasteiger partial charge < -0.3 is 10.6 Å². The first kappa shape index (κ1) is 16.8. The summed E-state index contributed by atoms with van der Waals surface area (Å²) in [6.07, 6.45) is 0. The van der Waals surface area contributed by atoms with Crippen LogP contribution in [0.1, 0.15) is 32.3 Å². The summed E-state index contributed by atoms with van der Waals surface area (Å²) in [6.45, 7) is 6.51. The fourth-order valence-electron chi connectivity index (χ4n) is 1.76. The van der Waals surface area contributed by atoms with Gasteiger partial charge in [0.25, 0.3) is 0 Å². The third-order valence-electron chi connectivity index (χ3n) is 2.94. The summed E-state index contributed by atoms with van der Waals surface area (Å²) in [6, 6.07) is 8.36. The van der Waals surface area contributed by atoms with Gasteiger partial charge in [-0.3, -0.25) is 4.79 Å². The molecule has 0 bridgehead atoms. The Morgan fingerprint density at radius 1 is 1.27 bits per heavy atom. The molecule has 1 heterocycles. The lowest BCUT2D eigenvalue weighted by atomic mass is 10.0. The number of hydrogen-bond acceptors (Lipinski definition) is 6. The Kier molecular flexibility index (Phi) is 6.21. The number of thioether (sulfide) groups is 1. The molecule has 0 radical (unpaired) electrons. The second kappa shape index (κ2) is 8.14. The molecule has 0 spiro atoms. The Morgan fingerprint density at radius 3 is 2.64 bits per heavy atom. The van der Waals surface area contributed by atoms with Crippen molar-refractivity contribution >= 4 is 39.8 Å². The van der Waals surface area contributed by atoms with E-state index in [1.807, 2.05) is 0 Å². The Labute approximate surface area is 138 Å². The van der Waals surface area contributed by atoms with Crippen LogP contribution in [-0.4, -0.2) is 28.4 Å². The standard InChI is InChI=1S/C15H20N4OS2/c1-10(2)12-4-6-13(7-5-12)17-14-18-19-15(22-14)21-9-8-16-11(3)20/h4-7,10H,8-9H2,1-3H3,(H,16,20)(H,17,18). The molecule has 2 aromatic rings. The van der Waals surface area contributed by atoms with Crippen molar-refractivity contribution < 1.29 is 4.79 Å². The Morgan fingerprint density at radius 2 is 2.00 bits per heavy atom. The van der Waals surface area contributed by atoms with E-state index < -0.39 is 0 Å². The normalized spacial score (nSPS) is 10.7. The molecule has 0 unspecified atom stereocenters. The van der Waals surface area contributed by atoms with Gasteiger partial charge in [0.2, 0.25) is 11.0 Å². The second-order valence-corrected chi connectivity index (χ2v) is 7.43. The maximum absolute atomic E-state index is 10.8. The zero-order valence-corrected chi connectivity index (χ0v) is 14.6. The molecule has 0 aliphatic rings. The van der Waals surface area contributed by atoms with Crippen molar-refractivity contribution in [1.82, 2.24) is 15.5 Å². The van der Waals surface area contributed by atoms with E-state index in [-0.39, 0.29) is 5.91 Å². The SMILES string of the molecule is CC(=O)NCCSc1nnc(Nc2ccc(C(C)C)cc2)s1. The van der Waals surface area contributed by atoms with Crippen molar-refractivity contribution in [2.24, 2.45) is 0 Å². The molecule has 0 aliphatic carbocycles. The quantitative estimate of drug-likeness (QED) is 0.597. The molecule has 0 fully saturated rings. The van der Waals surface area contributed by atoms with Crippen LogP contribution in [0.5, 0.6) is 0 Å². The molecule has 7 heteroatoms. The number of nitrogens with one attached hydrogen (secondary N) is 2. The van der Waals surface area contributed by atoms with Gasteiger partial charge in [0.1, 0.15) is 0 Å². The summed E-state index contributed by atoms with van der Waals surface area (Å²) < 4.78 is 0.895. The minimum absolute atomic E-state index is 0.00920. The molecule has 0 aliphatic heterocycles. The van der Waals surface area contributed by atoms with Crippen LogP contribution in [0.4, 0.5) is 10.8 Å². The van der Waals surface area contributed by atoms with Gasteiger partial charge in [-0.05, 0) is 23.6 Å². The molecular formula is C15H20N4OS2. The van der Waals surface area contributed by atoms with Crippen molar-refractivity contribution in [2.45, 2.75) is 31.0 Å². The average Bonchev–Trinajstić information content (AvgIpc) is 2.91. The van der Waals surface area contributed by atoms with E-state index in [1.54, 1.807) is 11.8 Å². The minimum atomic E-state index is -0.00920. The average molecular weight is 336 g/mol. The highest BCUT2D eigenvalue weighted by Gasteiger charge is 2.06. The largest absolute Gasteiger partial charge is 0.356 e. The molecule has 0 saturated heterocycles. The summed E-state index contributed by atoms with van der Waals surface area (Å²) in [5.74, 6) is 1.31. The molecule has 1 aromatic carbocycles. The van der Waals surface area contributed by atoms with Crippen LogP contribution in [0, 0.1) is 0 Å². The predicted octanol–water partition coefficient (Wildman–Crippen LogP) is 3.63. The first-order valence-electron chi connectivity index (χ1n) is 7.12. The highest BCUT2D eigenvalue weighted by Crippen LogP contribution is 2.27. The van der Waals surface area contributed by atoms with Gasteiger partial charge in [0.15, 0.2) is 4.34 Å². The summed E-state index contributed by atoms with van der Waals surface area (Å²) >= 11 is 3.10. The summed E-state index contributed by atoms with van der Waals surface area (Å²) in [4.78, 5) is 10.8. The van der Waals surface area contributed by atoms with Gasteiger partial charge in [-0.2, -0.15) is 0 Å². The Hall–Kier alpha value is -1.60. The van der Waals surface area contributed by atoms with E-state index in [0.717, 1.165) is 20.9 Å². The molecule has 2 rings (SSSR count). The van der Waals surface area contributed by atoms with E-state index in [2.05, 4.69) is 58.9 Å². The molecule has 1 amide bonds. The van der Waals surface area contributed by atoms with Crippen molar-refractivity contribution in [3.05, 3.63) is 29.8 Å². The molecule has 1 aromatic heterocycles. The second-order valence-electron chi connectivity index (χ2n) is 5.11. The molecule has 22 heavy (non-hydrogen) atoms. The lowest BCUT2D eigenvalue weighted by Crippen LogP contribution is -2.22. The topological polar surface area (TPSA) is 66.9 Å². The Bertz CT molecular complexity index is 610. The lowest BCUT2D eigenvalue weighted by Gasteiger charge is -2.06. The van der Waals surface area contributed by atoms with Crippen LogP contribution in [-0.2, 0) is 4.79 Å². The van der Waals surface area contributed by atoms with Crippen LogP contribution < -0.4 is 10.6 Å². The van der Waals surface area contributed by atoms with E-state index in [9.17, 15) is 4.79 Å². The third kappa shape index (κ3) is 5.31. The lowest BCUT2D eigenvalue weighted by molar-refractivity contribution is -0.118. The molecule has 118 valence electrons. The maximum Gasteiger partial charge on any atom is 0.216 e. The molecule has 2 N–H and O–H groups in total. The van der Waals surface area contributed by atoms with Gasteiger partial charge in [0.05, 0.1) is 0 Å². The maximum atomic E-state index is 10.8. The molecular weight excluding hydrogens is 316 g/mol. The Balaban J connectivity index is 1.84. The number of carbonyl (C=O) groups excluding carboxylic acids is 1. The minimum Gasteiger partial charge on any atom is -0.356 e. The first-order valence-corrected chi connectivity index (χ1v) is 8.92. The first-order chi connectivity index (χ1) is 10.5. The number of nitrogens with zero attached hydrogens (tertiary/aromatic N) is 2. The van der Waals surface area contributed by atoms with Crippen molar-refractivity contribution in [2.75, 3.05) is 17.6 Å². The number of benzene rings is 1. The summed E-state index contributed by atoms with van der Waals surface area (Å²) in [5, 5.41) is 15.1. The number of carbonyl (C=O) groups is 1. The number of amides is 1. The van der Waals surface area contributed by atoms with Crippen molar-refractivity contribution in [3.8, 4) is 0 Å². The van der Waals surface area contributed by atoms with Crippen LogP contribution in [0.3, 0.4) is 0 Å². The number of rotatable bonds is 7. The van der Waals surface area contributed by atoms with Gasteiger partial charge >= 0.3 is 0 Å². The monoisotopic (exact) mass is 336 g/mol. The van der Waals surface area contributed by atoms with Crippen molar-refractivity contribution in [1.29, 1.82) is 0 Å². The molecule has 0 atom stereocenters. The van der Waals surface area contributed by atoms with Crippen LogP contribution in [0.15, 0.2) is 28.6 Å². The summed E-state index contributed by atoms with van der Waals surface area (Å²) in [5.41, 5.74) is 2.33. The zero-order chi connectivity index (χ0) is 15.9. The number of aromatic nitrogens is 2. The fourth-order valence-corrected chi connectivity index (χ4v) is 3.46. The highest BCUT2D eigenvalue weighted by molar-refractivity contribution is 8.01. The van der Waals surface area contributed by atoms with Crippen molar-refractivity contribution in [3.63, 3.8) is 0 Å². The van der Waals surface area contributed by atoms with E-state index in [0.29, 0.717) is 12.5 Å². The van der Waals surface area contributed by atoms with Gasteiger partial charge in [-0.15, -0.1) is 10.2 Å². The molecule has 5 nitrogen and oxygen atoms in total. The van der Waals surface area contributed by atoms with Crippen LogP contribution >= 0.6 is 23.1 Å². The van der Waals surface area contributed by atoms with Crippen LogP contribution in [0.2, 0.25) is 0 Å². The van der Waals surface area contributed by atoms with Gasteiger partial charge in [-0.25, -0.2) is 0 Å².